The molecule has 2 atom stereocenters. The third-order valence-electron chi connectivity index (χ3n) is 2.51. The number of rotatable bonds is 1. The zero-order valence-corrected chi connectivity index (χ0v) is 6.70. The molecule has 2 heteroatoms. The summed E-state index contributed by atoms with van der Waals surface area (Å²) in [6.45, 7) is 0. The number of phenols is 1. The first kappa shape index (κ1) is 7.59. The number of benzene rings is 1. The summed E-state index contributed by atoms with van der Waals surface area (Å²) in [7, 11) is 0. The second-order valence-electron chi connectivity index (χ2n) is 3.29. The Morgan fingerprint density at radius 1 is 1.17 bits per heavy atom. The Balaban J connectivity index is 2.18. The molecule has 1 fully saturated rings. The molecular formula is C10H11FO. The standard InChI is InChI=1S/C10H11FO/c11-10-6-5-9(10)7-1-3-8(12)4-2-7/h1-4,9-10,12H,5-6H2. The Bertz CT molecular complexity index is 268. The molecule has 0 saturated heterocycles. The number of hydrogen-bond acceptors (Lipinski definition) is 1. The van der Waals surface area contributed by atoms with Crippen molar-refractivity contribution in [3.8, 4) is 5.75 Å². The monoisotopic (exact) mass is 166 g/mol. The summed E-state index contributed by atoms with van der Waals surface area (Å²) in [5, 5.41) is 9.00. The summed E-state index contributed by atoms with van der Waals surface area (Å²) < 4.78 is 12.9. The van der Waals surface area contributed by atoms with Crippen LogP contribution in [0.5, 0.6) is 5.75 Å². The second kappa shape index (κ2) is 2.77. The molecule has 1 aliphatic carbocycles. The van der Waals surface area contributed by atoms with Gasteiger partial charge in [-0.05, 0) is 30.5 Å². The zero-order valence-electron chi connectivity index (χ0n) is 6.70. The molecule has 1 saturated carbocycles. The third-order valence-corrected chi connectivity index (χ3v) is 2.51. The van der Waals surface area contributed by atoms with Gasteiger partial charge in [-0.25, -0.2) is 4.39 Å². The van der Waals surface area contributed by atoms with Crippen molar-refractivity contribution in [2.24, 2.45) is 0 Å². The van der Waals surface area contributed by atoms with Gasteiger partial charge in [0.25, 0.3) is 0 Å². The minimum absolute atomic E-state index is 0.0746. The molecule has 0 spiro atoms. The average molecular weight is 166 g/mol. The van der Waals surface area contributed by atoms with Crippen LogP contribution in [0.2, 0.25) is 0 Å². The molecule has 0 bridgehead atoms. The molecular weight excluding hydrogens is 155 g/mol. The van der Waals surface area contributed by atoms with E-state index in [-0.39, 0.29) is 11.7 Å². The molecule has 1 N–H and O–H groups in total. The lowest BCUT2D eigenvalue weighted by molar-refractivity contribution is 0.170. The van der Waals surface area contributed by atoms with Crippen LogP contribution in [0, 0.1) is 0 Å². The maximum absolute atomic E-state index is 12.9. The maximum Gasteiger partial charge on any atom is 0.115 e. The lowest BCUT2D eigenvalue weighted by Crippen LogP contribution is -2.24. The van der Waals surface area contributed by atoms with Gasteiger partial charge in [-0.15, -0.1) is 0 Å². The van der Waals surface area contributed by atoms with Crippen molar-refractivity contribution in [3.05, 3.63) is 29.8 Å². The van der Waals surface area contributed by atoms with E-state index in [1.165, 1.54) is 0 Å². The smallest absolute Gasteiger partial charge is 0.115 e. The SMILES string of the molecule is Oc1ccc(C2CCC2F)cc1. The van der Waals surface area contributed by atoms with Gasteiger partial charge in [-0.1, -0.05) is 12.1 Å². The van der Waals surface area contributed by atoms with Gasteiger partial charge in [-0.3, -0.25) is 0 Å². The molecule has 0 aliphatic heterocycles. The number of halogens is 1. The molecule has 64 valence electrons. The van der Waals surface area contributed by atoms with Crippen molar-refractivity contribution in [1.82, 2.24) is 0 Å². The van der Waals surface area contributed by atoms with Crippen molar-refractivity contribution < 1.29 is 9.50 Å². The highest BCUT2D eigenvalue weighted by atomic mass is 19.1. The zero-order chi connectivity index (χ0) is 8.55. The highest BCUT2D eigenvalue weighted by Gasteiger charge is 2.31. The normalized spacial score (nSPS) is 28.1. The van der Waals surface area contributed by atoms with E-state index in [0.29, 0.717) is 6.42 Å². The Kier molecular flexibility index (Phi) is 1.75. The van der Waals surface area contributed by atoms with Gasteiger partial charge in [0, 0.05) is 5.92 Å². The van der Waals surface area contributed by atoms with E-state index in [2.05, 4.69) is 0 Å². The van der Waals surface area contributed by atoms with E-state index in [0.717, 1.165) is 12.0 Å². The minimum Gasteiger partial charge on any atom is -0.508 e. The van der Waals surface area contributed by atoms with E-state index in [1.54, 1.807) is 24.3 Å². The molecule has 1 aliphatic rings. The molecule has 2 unspecified atom stereocenters. The highest BCUT2D eigenvalue weighted by molar-refractivity contribution is 5.30. The molecule has 12 heavy (non-hydrogen) atoms. The first-order chi connectivity index (χ1) is 5.77. The summed E-state index contributed by atoms with van der Waals surface area (Å²) in [5.41, 5.74) is 1.01. The molecule has 0 aromatic heterocycles. The summed E-state index contributed by atoms with van der Waals surface area (Å²) in [6, 6.07) is 6.82. The molecule has 1 aromatic carbocycles. The van der Waals surface area contributed by atoms with Crippen molar-refractivity contribution in [2.45, 2.75) is 24.9 Å². The molecule has 2 rings (SSSR count). The van der Waals surface area contributed by atoms with Crippen molar-refractivity contribution in [1.29, 1.82) is 0 Å². The van der Waals surface area contributed by atoms with Crippen molar-refractivity contribution in [2.75, 3.05) is 0 Å². The van der Waals surface area contributed by atoms with E-state index in [4.69, 9.17) is 5.11 Å². The molecule has 0 radical (unpaired) electrons. The predicted molar refractivity (Wildman–Crippen MR) is 45.0 cm³/mol. The van der Waals surface area contributed by atoms with Crippen LogP contribution in [-0.2, 0) is 0 Å². The minimum atomic E-state index is -0.672. The van der Waals surface area contributed by atoms with E-state index >= 15 is 0 Å². The van der Waals surface area contributed by atoms with E-state index in [9.17, 15) is 4.39 Å². The fraction of sp³-hybridized carbons (Fsp3) is 0.400. The van der Waals surface area contributed by atoms with Gasteiger partial charge in [-0.2, -0.15) is 0 Å². The quantitative estimate of drug-likeness (QED) is 0.679. The van der Waals surface area contributed by atoms with E-state index in [1.807, 2.05) is 0 Å². The Morgan fingerprint density at radius 3 is 2.25 bits per heavy atom. The topological polar surface area (TPSA) is 20.2 Å². The number of alkyl halides is 1. The number of phenolic OH excluding ortho intramolecular Hbond substituents is 1. The van der Waals surface area contributed by atoms with Gasteiger partial charge in [0.15, 0.2) is 0 Å². The summed E-state index contributed by atoms with van der Waals surface area (Å²) in [6.07, 6.45) is 0.951. The van der Waals surface area contributed by atoms with Gasteiger partial charge < -0.3 is 5.11 Å². The van der Waals surface area contributed by atoms with Crippen LogP contribution in [-0.4, -0.2) is 11.3 Å². The maximum atomic E-state index is 12.9. The molecule has 0 heterocycles. The Morgan fingerprint density at radius 2 is 1.83 bits per heavy atom. The summed E-state index contributed by atoms with van der Waals surface area (Å²) in [5.74, 6) is 0.319. The van der Waals surface area contributed by atoms with Crippen LogP contribution < -0.4 is 0 Å². The largest absolute Gasteiger partial charge is 0.508 e. The Labute approximate surface area is 70.8 Å². The summed E-state index contributed by atoms with van der Waals surface area (Å²) >= 11 is 0. The van der Waals surface area contributed by atoms with Crippen molar-refractivity contribution in [3.63, 3.8) is 0 Å². The van der Waals surface area contributed by atoms with Crippen LogP contribution in [0.3, 0.4) is 0 Å². The van der Waals surface area contributed by atoms with Gasteiger partial charge in [0.2, 0.25) is 0 Å². The van der Waals surface area contributed by atoms with Gasteiger partial charge in [0.05, 0.1) is 0 Å². The Hall–Kier alpha value is -1.05. The molecule has 1 nitrogen and oxygen atoms in total. The van der Waals surface area contributed by atoms with Crippen LogP contribution in [0.15, 0.2) is 24.3 Å². The molecule has 1 aromatic rings. The second-order valence-corrected chi connectivity index (χ2v) is 3.29. The first-order valence-corrected chi connectivity index (χ1v) is 4.20. The predicted octanol–water partition coefficient (Wildman–Crippen LogP) is 2.61. The van der Waals surface area contributed by atoms with Crippen LogP contribution >= 0.6 is 0 Å². The van der Waals surface area contributed by atoms with Crippen molar-refractivity contribution >= 4 is 0 Å². The molecule has 0 amide bonds. The average Bonchev–Trinajstić information content (AvgIpc) is 2.06. The first-order valence-electron chi connectivity index (χ1n) is 4.20. The number of aromatic hydroxyl groups is 1. The van der Waals surface area contributed by atoms with Gasteiger partial charge >= 0.3 is 0 Å². The number of hydrogen-bond donors (Lipinski definition) is 1. The fourth-order valence-electron chi connectivity index (χ4n) is 1.56. The van der Waals surface area contributed by atoms with Crippen LogP contribution in [0.25, 0.3) is 0 Å². The summed E-state index contributed by atoms with van der Waals surface area (Å²) in [4.78, 5) is 0. The van der Waals surface area contributed by atoms with Gasteiger partial charge in [0.1, 0.15) is 11.9 Å². The van der Waals surface area contributed by atoms with Crippen LogP contribution in [0.4, 0.5) is 4.39 Å². The lowest BCUT2D eigenvalue weighted by Gasteiger charge is -2.30. The lowest BCUT2D eigenvalue weighted by atomic mass is 9.78. The van der Waals surface area contributed by atoms with E-state index < -0.39 is 6.17 Å². The highest BCUT2D eigenvalue weighted by Crippen LogP contribution is 2.39. The third kappa shape index (κ3) is 1.17. The van der Waals surface area contributed by atoms with Crippen LogP contribution in [0.1, 0.15) is 24.3 Å². The fourth-order valence-corrected chi connectivity index (χ4v) is 1.56.